The van der Waals surface area contributed by atoms with E-state index in [1.54, 1.807) is 7.11 Å². The molecule has 2 N–H and O–H groups in total. The summed E-state index contributed by atoms with van der Waals surface area (Å²) in [6, 6.07) is 8.75. The molecule has 1 amide bonds. The highest BCUT2D eigenvalue weighted by Crippen LogP contribution is 2.15. The summed E-state index contributed by atoms with van der Waals surface area (Å²) in [5.74, 6) is 0.616. The van der Waals surface area contributed by atoms with Gasteiger partial charge in [-0.15, -0.1) is 0 Å². The molecule has 0 aliphatic heterocycles. The Labute approximate surface area is 128 Å². The van der Waals surface area contributed by atoms with Gasteiger partial charge in [0.25, 0.3) is 0 Å². The van der Waals surface area contributed by atoms with E-state index in [4.69, 9.17) is 4.74 Å². The van der Waals surface area contributed by atoms with Crippen LogP contribution >= 0.6 is 0 Å². The number of hydrogen-bond acceptors (Lipinski definition) is 3. The predicted octanol–water partition coefficient (Wildman–Crippen LogP) is 2.09. The summed E-state index contributed by atoms with van der Waals surface area (Å²) in [6.07, 6.45) is 1.96. The molecule has 0 aliphatic rings. The highest BCUT2D eigenvalue weighted by Gasteiger charge is 2.01. The SMILES string of the molecule is COCCNCC(=O)NCCCc1ccc(C(C)C)cc1. The van der Waals surface area contributed by atoms with Gasteiger partial charge in [-0.25, -0.2) is 0 Å². The Kier molecular flexibility index (Phi) is 8.71. The molecule has 0 aromatic heterocycles. The fraction of sp³-hybridized carbons (Fsp3) is 0.588. The first-order valence-electron chi connectivity index (χ1n) is 7.68. The van der Waals surface area contributed by atoms with Crippen LogP contribution in [0.4, 0.5) is 0 Å². The number of amides is 1. The molecule has 118 valence electrons. The normalized spacial score (nSPS) is 10.9. The second kappa shape index (κ2) is 10.4. The van der Waals surface area contributed by atoms with E-state index < -0.39 is 0 Å². The molecule has 21 heavy (non-hydrogen) atoms. The molecule has 0 spiro atoms. The van der Waals surface area contributed by atoms with E-state index in [0.29, 0.717) is 25.6 Å². The van der Waals surface area contributed by atoms with Gasteiger partial charge in [0.15, 0.2) is 0 Å². The molecule has 0 unspecified atom stereocenters. The van der Waals surface area contributed by atoms with Crippen molar-refractivity contribution in [1.82, 2.24) is 10.6 Å². The fourth-order valence-electron chi connectivity index (χ4n) is 2.03. The lowest BCUT2D eigenvalue weighted by molar-refractivity contribution is -0.120. The second-order valence-electron chi connectivity index (χ2n) is 5.52. The minimum absolute atomic E-state index is 0.0428. The summed E-state index contributed by atoms with van der Waals surface area (Å²) >= 11 is 0. The van der Waals surface area contributed by atoms with Crippen molar-refractivity contribution in [2.75, 3.05) is 33.4 Å². The van der Waals surface area contributed by atoms with Gasteiger partial charge < -0.3 is 15.4 Å². The standard InChI is InChI=1S/C17H28N2O2/c1-14(2)16-8-6-15(7-9-16)5-4-10-19-17(20)13-18-11-12-21-3/h6-9,14,18H,4-5,10-13H2,1-3H3,(H,19,20). The van der Waals surface area contributed by atoms with Crippen LogP contribution in [0.3, 0.4) is 0 Å². The number of methoxy groups -OCH3 is 1. The topological polar surface area (TPSA) is 50.4 Å². The number of ether oxygens (including phenoxy) is 1. The molecule has 1 aromatic carbocycles. The molecule has 1 aromatic rings. The first kappa shape index (κ1) is 17.7. The van der Waals surface area contributed by atoms with Gasteiger partial charge in [-0.2, -0.15) is 0 Å². The van der Waals surface area contributed by atoms with Crippen LogP contribution in [0, 0.1) is 0 Å². The average molecular weight is 292 g/mol. The van der Waals surface area contributed by atoms with E-state index in [1.807, 2.05) is 0 Å². The van der Waals surface area contributed by atoms with E-state index in [-0.39, 0.29) is 5.91 Å². The minimum Gasteiger partial charge on any atom is -0.383 e. The first-order chi connectivity index (χ1) is 10.1. The highest BCUT2D eigenvalue weighted by atomic mass is 16.5. The number of rotatable bonds is 10. The van der Waals surface area contributed by atoms with Crippen LogP contribution < -0.4 is 10.6 Å². The van der Waals surface area contributed by atoms with Crippen molar-refractivity contribution >= 4 is 5.91 Å². The van der Waals surface area contributed by atoms with Crippen LogP contribution in [0.1, 0.15) is 37.3 Å². The third kappa shape index (κ3) is 7.83. The molecule has 4 heteroatoms. The van der Waals surface area contributed by atoms with Gasteiger partial charge in [0.2, 0.25) is 5.91 Å². The van der Waals surface area contributed by atoms with E-state index in [0.717, 1.165) is 19.4 Å². The predicted molar refractivity (Wildman–Crippen MR) is 86.6 cm³/mol. The summed E-state index contributed by atoms with van der Waals surface area (Å²) < 4.78 is 4.90. The Hall–Kier alpha value is -1.39. The molecule has 0 aliphatic carbocycles. The molecule has 0 heterocycles. The molecular weight excluding hydrogens is 264 g/mol. The maximum absolute atomic E-state index is 11.5. The number of aryl methyl sites for hydroxylation is 1. The lowest BCUT2D eigenvalue weighted by atomic mass is 10.0. The number of nitrogens with one attached hydrogen (secondary N) is 2. The van der Waals surface area contributed by atoms with Crippen LogP contribution in [0.5, 0.6) is 0 Å². The molecular formula is C17H28N2O2. The molecule has 1 rings (SSSR count). The zero-order chi connectivity index (χ0) is 15.5. The van der Waals surface area contributed by atoms with Crippen LogP contribution in [-0.4, -0.2) is 39.3 Å². The van der Waals surface area contributed by atoms with Gasteiger partial charge in [0.1, 0.15) is 0 Å². The third-order valence-corrected chi connectivity index (χ3v) is 3.38. The Morgan fingerprint density at radius 3 is 2.52 bits per heavy atom. The van der Waals surface area contributed by atoms with Crippen LogP contribution in [0.25, 0.3) is 0 Å². The number of carbonyl (C=O) groups is 1. The summed E-state index contributed by atoms with van der Waals surface area (Å²) in [5, 5.41) is 5.94. The average Bonchev–Trinajstić information content (AvgIpc) is 2.48. The van der Waals surface area contributed by atoms with E-state index in [9.17, 15) is 4.79 Å². The van der Waals surface area contributed by atoms with Crippen molar-refractivity contribution in [3.8, 4) is 0 Å². The van der Waals surface area contributed by atoms with E-state index in [1.165, 1.54) is 11.1 Å². The van der Waals surface area contributed by atoms with Gasteiger partial charge in [0, 0.05) is 20.2 Å². The lowest BCUT2D eigenvalue weighted by Gasteiger charge is -2.08. The number of carbonyl (C=O) groups excluding carboxylic acids is 1. The lowest BCUT2D eigenvalue weighted by Crippen LogP contribution is -2.35. The molecule has 0 saturated carbocycles. The van der Waals surface area contributed by atoms with Gasteiger partial charge >= 0.3 is 0 Å². The maximum Gasteiger partial charge on any atom is 0.233 e. The minimum atomic E-state index is 0.0428. The largest absolute Gasteiger partial charge is 0.383 e. The maximum atomic E-state index is 11.5. The Balaban J connectivity index is 2.12. The molecule has 0 saturated heterocycles. The third-order valence-electron chi connectivity index (χ3n) is 3.38. The van der Waals surface area contributed by atoms with Crippen molar-refractivity contribution in [2.24, 2.45) is 0 Å². The molecule has 0 atom stereocenters. The van der Waals surface area contributed by atoms with Gasteiger partial charge in [-0.05, 0) is 29.9 Å². The van der Waals surface area contributed by atoms with E-state index in [2.05, 4.69) is 48.7 Å². The fourth-order valence-corrected chi connectivity index (χ4v) is 2.03. The molecule has 0 bridgehead atoms. The van der Waals surface area contributed by atoms with Crippen molar-refractivity contribution in [3.63, 3.8) is 0 Å². The molecule has 0 fully saturated rings. The van der Waals surface area contributed by atoms with Crippen molar-refractivity contribution in [1.29, 1.82) is 0 Å². The quantitative estimate of drug-likeness (QED) is 0.649. The molecule has 0 radical (unpaired) electrons. The summed E-state index contributed by atoms with van der Waals surface area (Å²) in [5.41, 5.74) is 2.70. The first-order valence-corrected chi connectivity index (χ1v) is 7.68. The summed E-state index contributed by atoms with van der Waals surface area (Å²) in [7, 11) is 1.65. The van der Waals surface area contributed by atoms with Crippen LogP contribution in [0.2, 0.25) is 0 Å². The monoisotopic (exact) mass is 292 g/mol. The highest BCUT2D eigenvalue weighted by molar-refractivity contribution is 5.77. The Morgan fingerprint density at radius 1 is 1.19 bits per heavy atom. The Bertz CT molecular complexity index is 402. The van der Waals surface area contributed by atoms with Gasteiger partial charge in [-0.3, -0.25) is 4.79 Å². The van der Waals surface area contributed by atoms with Crippen molar-refractivity contribution < 1.29 is 9.53 Å². The van der Waals surface area contributed by atoms with Gasteiger partial charge in [0.05, 0.1) is 13.2 Å². The zero-order valence-electron chi connectivity index (χ0n) is 13.4. The zero-order valence-corrected chi connectivity index (χ0v) is 13.4. The van der Waals surface area contributed by atoms with E-state index >= 15 is 0 Å². The Morgan fingerprint density at radius 2 is 1.90 bits per heavy atom. The number of benzene rings is 1. The smallest absolute Gasteiger partial charge is 0.233 e. The second-order valence-corrected chi connectivity index (χ2v) is 5.52. The van der Waals surface area contributed by atoms with Crippen molar-refractivity contribution in [2.45, 2.75) is 32.6 Å². The molecule has 4 nitrogen and oxygen atoms in total. The number of hydrogen-bond donors (Lipinski definition) is 2. The van der Waals surface area contributed by atoms with Crippen molar-refractivity contribution in [3.05, 3.63) is 35.4 Å². The van der Waals surface area contributed by atoms with Crippen LogP contribution in [0.15, 0.2) is 24.3 Å². The summed E-state index contributed by atoms with van der Waals surface area (Å²) in [4.78, 5) is 11.5. The van der Waals surface area contributed by atoms with Gasteiger partial charge in [-0.1, -0.05) is 38.1 Å². The summed E-state index contributed by atoms with van der Waals surface area (Å²) in [6.45, 7) is 6.80. The van der Waals surface area contributed by atoms with Crippen LogP contribution in [-0.2, 0) is 16.0 Å².